The number of halogens is 1. The highest BCUT2D eigenvalue weighted by Crippen LogP contribution is 2.30. The molecule has 1 saturated heterocycles. The Balaban J connectivity index is 2.04. The zero-order valence-corrected chi connectivity index (χ0v) is 11.4. The Bertz CT molecular complexity index is 549. The van der Waals surface area contributed by atoms with Crippen molar-refractivity contribution < 1.29 is 0 Å². The second-order valence-electron chi connectivity index (χ2n) is 4.90. The molecule has 1 unspecified atom stereocenters. The molecule has 0 amide bonds. The molecular formula is C14H18ClN3. The third-order valence-corrected chi connectivity index (χ3v) is 4.06. The molecule has 3 heterocycles. The lowest BCUT2D eigenvalue weighted by atomic mass is 10.0. The highest BCUT2D eigenvalue weighted by molar-refractivity contribution is 6.30. The first-order valence-corrected chi connectivity index (χ1v) is 7.04. The van der Waals surface area contributed by atoms with Crippen LogP contribution in [0, 0.1) is 0 Å². The summed E-state index contributed by atoms with van der Waals surface area (Å²) in [5.74, 6) is 1.13. The van der Waals surface area contributed by atoms with E-state index in [1.54, 1.807) is 0 Å². The minimum atomic E-state index is 0.435. The van der Waals surface area contributed by atoms with Crippen LogP contribution in [0.5, 0.6) is 0 Å². The van der Waals surface area contributed by atoms with E-state index >= 15 is 0 Å². The highest BCUT2D eigenvalue weighted by atomic mass is 35.5. The highest BCUT2D eigenvalue weighted by Gasteiger charge is 2.25. The van der Waals surface area contributed by atoms with Crippen LogP contribution in [0.25, 0.3) is 5.52 Å². The van der Waals surface area contributed by atoms with E-state index < -0.39 is 0 Å². The van der Waals surface area contributed by atoms with Gasteiger partial charge in [-0.3, -0.25) is 4.90 Å². The van der Waals surface area contributed by atoms with Crippen molar-refractivity contribution in [2.45, 2.75) is 32.2 Å². The monoisotopic (exact) mass is 263 g/mol. The van der Waals surface area contributed by atoms with Crippen LogP contribution in [0.3, 0.4) is 0 Å². The van der Waals surface area contributed by atoms with E-state index in [1.807, 2.05) is 24.5 Å². The largest absolute Gasteiger partial charge is 0.301 e. The summed E-state index contributed by atoms with van der Waals surface area (Å²) >= 11 is 6.09. The van der Waals surface area contributed by atoms with Crippen molar-refractivity contribution in [2.75, 3.05) is 13.1 Å². The van der Waals surface area contributed by atoms with Gasteiger partial charge in [0.15, 0.2) is 0 Å². The van der Waals surface area contributed by atoms with E-state index in [4.69, 9.17) is 11.6 Å². The molecule has 1 atom stereocenters. The van der Waals surface area contributed by atoms with Gasteiger partial charge in [-0.1, -0.05) is 24.9 Å². The molecule has 1 fully saturated rings. The first kappa shape index (κ1) is 12.0. The summed E-state index contributed by atoms with van der Waals surface area (Å²) in [4.78, 5) is 7.13. The third kappa shape index (κ3) is 2.02. The van der Waals surface area contributed by atoms with Gasteiger partial charge in [0, 0.05) is 6.20 Å². The van der Waals surface area contributed by atoms with E-state index in [1.165, 1.54) is 25.8 Å². The number of imidazole rings is 1. The van der Waals surface area contributed by atoms with E-state index in [9.17, 15) is 0 Å². The van der Waals surface area contributed by atoms with Gasteiger partial charge in [0.05, 0.1) is 22.8 Å². The molecule has 4 heteroatoms. The van der Waals surface area contributed by atoms with Gasteiger partial charge in [0.1, 0.15) is 5.82 Å². The van der Waals surface area contributed by atoms with Crippen LogP contribution >= 0.6 is 11.6 Å². The number of piperidine rings is 1. The summed E-state index contributed by atoms with van der Waals surface area (Å²) in [6.45, 7) is 4.48. The van der Waals surface area contributed by atoms with E-state index in [0.717, 1.165) is 22.9 Å². The zero-order chi connectivity index (χ0) is 12.5. The summed E-state index contributed by atoms with van der Waals surface area (Å²) in [5, 5.41) is 0.764. The second-order valence-corrected chi connectivity index (χ2v) is 5.34. The van der Waals surface area contributed by atoms with E-state index in [0.29, 0.717) is 6.04 Å². The Morgan fingerprint density at radius 3 is 3.11 bits per heavy atom. The molecule has 0 bridgehead atoms. The smallest absolute Gasteiger partial charge is 0.130 e. The van der Waals surface area contributed by atoms with E-state index in [2.05, 4.69) is 21.2 Å². The quantitative estimate of drug-likeness (QED) is 0.826. The minimum Gasteiger partial charge on any atom is -0.301 e. The summed E-state index contributed by atoms with van der Waals surface area (Å²) in [7, 11) is 0. The predicted molar refractivity (Wildman–Crippen MR) is 74.0 cm³/mol. The van der Waals surface area contributed by atoms with Crippen molar-refractivity contribution in [3.05, 3.63) is 35.4 Å². The number of hydrogen-bond donors (Lipinski definition) is 0. The van der Waals surface area contributed by atoms with Gasteiger partial charge in [-0.15, -0.1) is 0 Å². The van der Waals surface area contributed by atoms with Crippen molar-refractivity contribution in [1.29, 1.82) is 0 Å². The molecule has 0 saturated carbocycles. The van der Waals surface area contributed by atoms with Crippen LogP contribution in [-0.4, -0.2) is 27.4 Å². The van der Waals surface area contributed by atoms with Gasteiger partial charge in [-0.2, -0.15) is 0 Å². The van der Waals surface area contributed by atoms with Crippen molar-refractivity contribution in [1.82, 2.24) is 14.3 Å². The summed E-state index contributed by atoms with van der Waals surface area (Å²) in [6, 6.07) is 4.38. The molecule has 3 nitrogen and oxygen atoms in total. The maximum absolute atomic E-state index is 6.09. The van der Waals surface area contributed by atoms with E-state index in [-0.39, 0.29) is 0 Å². The molecule has 2 aromatic rings. The lowest BCUT2D eigenvalue weighted by molar-refractivity contribution is 0.149. The van der Waals surface area contributed by atoms with Gasteiger partial charge >= 0.3 is 0 Å². The third-order valence-electron chi connectivity index (χ3n) is 3.84. The predicted octanol–water partition coefficient (Wildman–Crippen LogP) is 3.53. The van der Waals surface area contributed by atoms with Crippen molar-refractivity contribution in [3.8, 4) is 0 Å². The molecule has 3 rings (SSSR count). The molecular weight excluding hydrogens is 246 g/mol. The minimum absolute atomic E-state index is 0.435. The molecule has 1 aliphatic heterocycles. The van der Waals surface area contributed by atoms with Crippen LogP contribution in [0.2, 0.25) is 5.02 Å². The molecule has 1 aliphatic rings. The van der Waals surface area contributed by atoms with Gasteiger partial charge in [0.25, 0.3) is 0 Å². The Morgan fingerprint density at radius 2 is 2.28 bits per heavy atom. The van der Waals surface area contributed by atoms with Gasteiger partial charge < -0.3 is 4.40 Å². The molecule has 0 spiro atoms. The average Bonchev–Trinajstić information content (AvgIpc) is 2.81. The number of likely N-dealkylation sites (tertiary alicyclic amines) is 1. The lowest BCUT2D eigenvalue weighted by Gasteiger charge is -2.33. The summed E-state index contributed by atoms with van der Waals surface area (Å²) in [6.07, 6.45) is 7.69. The Hall–Kier alpha value is -1.06. The fourth-order valence-corrected chi connectivity index (χ4v) is 3.05. The van der Waals surface area contributed by atoms with Crippen LogP contribution in [0.15, 0.2) is 24.5 Å². The Labute approximate surface area is 112 Å². The Kier molecular flexibility index (Phi) is 3.27. The normalized spacial score (nSPS) is 21.6. The molecule has 0 radical (unpaired) electrons. The Morgan fingerprint density at radius 1 is 1.39 bits per heavy atom. The van der Waals surface area contributed by atoms with Crippen molar-refractivity contribution >= 4 is 17.1 Å². The maximum Gasteiger partial charge on any atom is 0.130 e. The lowest BCUT2D eigenvalue weighted by Crippen LogP contribution is -2.34. The summed E-state index contributed by atoms with van der Waals surface area (Å²) < 4.78 is 2.14. The topological polar surface area (TPSA) is 20.5 Å². The van der Waals surface area contributed by atoms with Crippen molar-refractivity contribution in [3.63, 3.8) is 0 Å². The zero-order valence-electron chi connectivity index (χ0n) is 10.6. The second kappa shape index (κ2) is 4.90. The van der Waals surface area contributed by atoms with Crippen LogP contribution < -0.4 is 0 Å². The van der Waals surface area contributed by atoms with Crippen LogP contribution in [0.1, 0.15) is 38.1 Å². The van der Waals surface area contributed by atoms with Gasteiger partial charge in [-0.25, -0.2) is 4.98 Å². The summed E-state index contributed by atoms with van der Waals surface area (Å²) in [5.41, 5.74) is 1.12. The fraction of sp³-hybridized carbons (Fsp3) is 0.500. The number of fused-ring (bicyclic) bond motifs is 1. The molecule has 0 aliphatic carbocycles. The van der Waals surface area contributed by atoms with Gasteiger partial charge in [0.2, 0.25) is 0 Å². The molecule has 2 aromatic heterocycles. The van der Waals surface area contributed by atoms with Gasteiger partial charge in [-0.05, 0) is 38.1 Å². The molecule has 96 valence electrons. The van der Waals surface area contributed by atoms with Crippen molar-refractivity contribution in [2.24, 2.45) is 0 Å². The average molecular weight is 264 g/mol. The number of nitrogens with zero attached hydrogens (tertiary/aromatic N) is 3. The standard InChI is InChI=1S/C14H18ClN3/c1-2-17-8-4-3-5-13(17)14-16-9-12-7-6-11(15)10-18(12)14/h6-7,9-10,13H,2-5,8H2,1H3. The SMILES string of the molecule is CCN1CCCCC1c1ncc2ccc(Cl)cn12. The first-order chi connectivity index (χ1) is 8.79. The molecule has 0 aromatic carbocycles. The molecule has 0 N–H and O–H groups in total. The number of rotatable bonds is 2. The number of aromatic nitrogens is 2. The number of hydrogen-bond acceptors (Lipinski definition) is 2. The first-order valence-electron chi connectivity index (χ1n) is 6.66. The fourth-order valence-electron chi connectivity index (χ4n) is 2.89. The van der Waals surface area contributed by atoms with Crippen LogP contribution in [0.4, 0.5) is 0 Å². The molecule has 18 heavy (non-hydrogen) atoms. The van der Waals surface area contributed by atoms with Crippen LogP contribution in [-0.2, 0) is 0 Å². The maximum atomic E-state index is 6.09. The number of pyridine rings is 1.